The Hall–Kier alpha value is -3.17. The highest BCUT2D eigenvalue weighted by Crippen LogP contribution is 2.22. The Kier molecular flexibility index (Phi) is 6.30. The van der Waals surface area contributed by atoms with Crippen LogP contribution in [-0.2, 0) is 21.2 Å². The molecule has 1 N–H and O–H groups in total. The maximum absolute atomic E-state index is 12.4. The molecule has 152 valence electrons. The molecule has 0 aliphatic heterocycles. The maximum atomic E-state index is 12.4. The summed E-state index contributed by atoms with van der Waals surface area (Å²) in [5.41, 5.74) is 1.70. The summed E-state index contributed by atoms with van der Waals surface area (Å²) in [6.07, 6.45) is 1.86. The number of esters is 1. The molecule has 0 radical (unpaired) electrons. The standard InChI is InChI=1S/C20H20N2O6S/c1-26-17-7-3-14(4-8-17)19-22-16(13-28-19)11-12-21-29(24,25)18-9-5-15(6-10-18)20(23)27-2/h3-10,13,21H,11-12H2,1-2H3. The van der Waals surface area contributed by atoms with Crippen molar-refractivity contribution in [2.75, 3.05) is 20.8 Å². The smallest absolute Gasteiger partial charge is 0.337 e. The Morgan fingerprint density at radius 2 is 1.76 bits per heavy atom. The molecule has 0 saturated carbocycles. The van der Waals surface area contributed by atoms with Crippen LogP contribution < -0.4 is 9.46 Å². The second-order valence-electron chi connectivity index (χ2n) is 6.04. The quantitative estimate of drug-likeness (QED) is 0.563. The van der Waals surface area contributed by atoms with Crippen LogP contribution in [0.1, 0.15) is 16.1 Å². The molecule has 0 aliphatic rings. The third-order valence-corrected chi connectivity index (χ3v) is 5.62. The summed E-state index contributed by atoms with van der Waals surface area (Å²) in [7, 11) is -0.855. The van der Waals surface area contributed by atoms with Crippen molar-refractivity contribution in [1.29, 1.82) is 0 Å². The molecule has 9 heteroatoms. The van der Waals surface area contributed by atoms with Crippen LogP contribution in [-0.4, -0.2) is 40.1 Å². The van der Waals surface area contributed by atoms with E-state index in [1.54, 1.807) is 19.2 Å². The normalized spacial score (nSPS) is 11.2. The van der Waals surface area contributed by atoms with Gasteiger partial charge in [-0.1, -0.05) is 0 Å². The summed E-state index contributed by atoms with van der Waals surface area (Å²) >= 11 is 0. The number of methoxy groups -OCH3 is 2. The second-order valence-corrected chi connectivity index (χ2v) is 7.80. The van der Waals surface area contributed by atoms with E-state index in [0.29, 0.717) is 18.0 Å². The predicted octanol–water partition coefficient (Wildman–Crippen LogP) is 2.66. The van der Waals surface area contributed by atoms with Gasteiger partial charge in [0.05, 0.1) is 30.4 Å². The number of oxazole rings is 1. The lowest BCUT2D eigenvalue weighted by molar-refractivity contribution is 0.0600. The summed E-state index contributed by atoms with van der Waals surface area (Å²) in [4.78, 5) is 15.9. The van der Waals surface area contributed by atoms with E-state index in [0.717, 1.165) is 11.3 Å². The van der Waals surface area contributed by atoms with Crippen molar-refractivity contribution in [1.82, 2.24) is 9.71 Å². The molecule has 0 unspecified atom stereocenters. The monoisotopic (exact) mass is 416 g/mol. The molecule has 1 aromatic heterocycles. The van der Waals surface area contributed by atoms with Crippen molar-refractivity contribution in [3.05, 3.63) is 66.1 Å². The first-order chi connectivity index (χ1) is 13.9. The number of nitrogens with zero attached hydrogens (tertiary/aromatic N) is 1. The van der Waals surface area contributed by atoms with Gasteiger partial charge in [-0.3, -0.25) is 0 Å². The van der Waals surface area contributed by atoms with Crippen molar-refractivity contribution >= 4 is 16.0 Å². The van der Waals surface area contributed by atoms with E-state index in [1.165, 1.54) is 37.6 Å². The number of sulfonamides is 1. The molecule has 0 spiro atoms. The van der Waals surface area contributed by atoms with E-state index in [2.05, 4.69) is 14.4 Å². The largest absolute Gasteiger partial charge is 0.497 e. The van der Waals surface area contributed by atoms with Crippen molar-refractivity contribution < 1.29 is 27.1 Å². The SMILES string of the molecule is COC(=O)c1ccc(S(=O)(=O)NCCc2coc(-c3ccc(OC)cc3)n2)cc1. The minimum Gasteiger partial charge on any atom is -0.497 e. The Balaban J connectivity index is 1.59. The molecular formula is C20H20N2O6S. The first-order valence-electron chi connectivity index (χ1n) is 8.70. The van der Waals surface area contributed by atoms with Gasteiger partial charge in [0.1, 0.15) is 12.0 Å². The number of hydrogen-bond donors (Lipinski definition) is 1. The average Bonchev–Trinajstić information content (AvgIpc) is 3.22. The third kappa shape index (κ3) is 5.01. The molecule has 0 atom stereocenters. The predicted molar refractivity (Wildman–Crippen MR) is 105 cm³/mol. The fourth-order valence-electron chi connectivity index (χ4n) is 2.57. The number of ether oxygens (including phenoxy) is 2. The fraction of sp³-hybridized carbons (Fsp3) is 0.200. The van der Waals surface area contributed by atoms with Crippen molar-refractivity contribution in [3.63, 3.8) is 0 Å². The molecular weight excluding hydrogens is 396 g/mol. The molecule has 3 aromatic rings. The van der Waals surface area contributed by atoms with Gasteiger partial charge in [-0.15, -0.1) is 0 Å². The number of carbonyl (C=O) groups is 1. The molecule has 3 rings (SSSR count). The van der Waals surface area contributed by atoms with E-state index >= 15 is 0 Å². The summed E-state index contributed by atoms with van der Waals surface area (Å²) in [6.45, 7) is 0.148. The molecule has 0 bridgehead atoms. The van der Waals surface area contributed by atoms with E-state index in [4.69, 9.17) is 9.15 Å². The number of carbonyl (C=O) groups excluding carboxylic acids is 1. The summed E-state index contributed by atoms with van der Waals surface area (Å²) < 4.78 is 42.4. The van der Waals surface area contributed by atoms with Gasteiger partial charge in [0.2, 0.25) is 15.9 Å². The highest BCUT2D eigenvalue weighted by molar-refractivity contribution is 7.89. The number of rotatable bonds is 8. The zero-order valence-electron chi connectivity index (χ0n) is 15.9. The van der Waals surface area contributed by atoms with Crippen LogP contribution >= 0.6 is 0 Å². The summed E-state index contributed by atoms with van der Waals surface area (Å²) in [6, 6.07) is 12.8. The third-order valence-electron chi connectivity index (χ3n) is 4.15. The molecule has 0 saturated heterocycles. The zero-order valence-corrected chi connectivity index (χ0v) is 16.7. The minimum atomic E-state index is -3.71. The van der Waals surface area contributed by atoms with Crippen LogP contribution in [0, 0.1) is 0 Å². The first-order valence-corrected chi connectivity index (χ1v) is 10.2. The second kappa shape index (κ2) is 8.89. The highest BCUT2D eigenvalue weighted by atomic mass is 32.2. The number of nitrogens with one attached hydrogen (secondary N) is 1. The first kappa shape index (κ1) is 20.6. The van der Waals surface area contributed by atoms with Crippen LogP contribution in [0.25, 0.3) is 11.5 Å². The van der Waals surface area contributed by atoms with Crippen LogP contribution in [0.5, 0.6) is 5.75 Å². The van der Waals surface area contributed by atoms with E-state index in [-0.39, 0.29) is 17.0 Å². The average molecular weight is 416 g/mol. The minimum absolute atomic E-state index is 0.0595. The molecule has 1 heterocycles. The molecule has 8 nitrogen and oxygen atoms in total. The Bertz CT molecular complexity index is 1070. The van der Waals surface area contributed by atoms with Gasteiger partial charge in [-0.25, -0.2) is 22.9 Å². The summed E-state index contributed by atoms with van der Waals surface area (Å²) in [5.74, 6) is 0.652. The van der Waals surface area contributed by atoms with Crippen molar-refractivity contribution in [2.45, 2.75) is 11.3 Å². The van der Waals surface area contributed by atoms with Gasteiger partial charge in [0.25, 0.3) is 0 Å². The van der Waals surface area contributed by atoms with Crippen LogP contribution in [0.3, 0.4) is 0 Å². The van der Waals surface area contributed by atoms with Crippen LogP contribution in [0.15, 0.2) is 64.1 Å². The van der Waals surface area contributed by atoms with Crippen molar-refractivity contribution in [3.8, 4) is 17.2 Å². The fourth-order valence-corrected chi connectivity index (χ4v) is 3.60. The zero-order chi connectivity index (χ0) is 20.9. The Morgan fingerprint density at radius 3 is 2.38 bits per heavy atom. The lowest BCUT2D eigenvalue weighted by Crippen LogP contribution is -2.26. The van der Waals surface area contributed by atoms with Gasteiger partial charge in [-0.2, -0.15) is 0 Å². The summed E-state index contributed by atoms with van der Waals surface area (Å²) in [5, 5.41) is 0. The topological polar surface area (TPSA) is 108 Å². The Morgan fingerprint density at radius 1 is 1.07 bits per heavy atom. The van der Waals surface area contributed by atoms with E-state index in [1.807, 2.05) is 12.1 Å². The Labute approximate surface area is 168 Å². The van der Waals surface area contributed by atoms with E-state index < -0.39 is 16.0 Å². The molecule has 29 heavy (non-hydrogen) atoms. The van der Waals surface area contributed by atoms with Gasteiger partial charge < -0.3 is 13.9 Å². The van der Waals surface area contributed by atoms with Gasteiger partial charge in [-0.05, 0) is 48.5 Å². The lowest BCUT2D eigenvalue weighted by atomic mass is 10.2. The number of aromatic nitrogens is 1. The molecule has 0 aliphatic carbocycles. The van der Waals surface area contributed by atoms with Crippen LogP contribution in [0.4, 0.5) is 0 Å². The van der Waals surface area contributed by atoms with Gasteiger partial charge in [0, 0.05) is 18.5 Å². The maximum Gasteiger partial charge on any atom is 0.337 e. The van der Waals surface area contributed by atoms with E-state index in [9.17, 15) is 13.2 Å². The molecule has 0 amide bonds. The van der Waals surface area contributed by atoms with Crippen LogP contribution in [0.2, 0.25) is 0 Å². The highest BCUT2D eigenvalue weighted by Gasteiger charge is 2.15. The van der Waals surface area contributed by atoms with Gasteiger partial charge >= 0.3 is 5.97 Å². The van der Waals surface area contributed by atoms with Gasteiger partial charge in [0.15, 0.2) is 0 Å². The molecule has 2 aromatic carbocycles. The number of hydrogen-bond acceptors (Lipinski definition) is 7. The lowest BCUT2D eigenvalue weighted by Gasteiger charge is -2.06. The van der Waals surface area contributed by atoms with Crippen molar-refractivity contribution in [2.24, 2.45) is 0 Å². The number of benzene rings is 2. The molecule has 0 fully saturated rings.